The summed E-state index contributed by atoms with van der Waals surface area (Å²) in [6.45, 7) is 4.71. The summed E-state index contributed by atoms with van der Waals surface area (Å²) in [4.78, 5) is 11.8. The van der Waals surface area contributed by atoms with Crippen molar-refractivity contribution in [2.75, 3.05) is 6.61 Å². The SMILES string of the molecule is CCCCCCCCCCCCCCC(O)COC(=O)CCCCCCCCCCCCC. The molecule has 0 bridgehead atoms. The molecule has 0 fully saturated rings. The highest BCUT2D eigenvalue weighted by atomic mass is 16.5. The van der Waals surface area contributed by atoms with Gasteiger partial charge in [0.25, 0.3) is 0 Å². The second-order valence-electron chi connectivity index (χ2n) is 10.3. The topological polar surface area (TPSA) is 46.5 Å². The van der Waals surface area contributed by atoms with Crippen LogP contribution in [0.4, 0.5) is 0 Å². The Kier molecular flexibility index (Phi) is 27.2. The molecule has 0 saturated carbocycles. The molecule has 3 nitrogen and oxygen atoms in total. The number of carbonyl (C=O) groups is 1. The van der Waals surface area contributed by atoms with E-state index in [-0.39, 0.29) is 12.6 Å². The van der Waals surface area contributed by atoms with Crippen LogP contribution in [0, 0.1) is 0 Å². The van der Waals surface area contributed by atoms with Crippen LogP contribution in [0.5, 0.6) is 0 Å². The number of esters is 1. The van der Waals surface area contributed by atoms with Crippen molar-refractivity contribution in [3.63, 3.8) is 0 Å². The Bertz CT molecular complexity index is 383. The van der Waals surface area contributed by atoms with Crippen LogP contribution < -0.4 is 0 Å². The van der Waals surface area contributed by atoms with Gasteiger partial charge in [0, 0.05) is 6.42 Å². The van der Waals surface area contributed by atoms with E-state index in [1.54, 1.807) is 0 Å². The molecule has 0 saturated heterocycles. The van der Waals surface area contributed by atoms with Crippen LogP contribution in [0.3, 0.4) is 0 Å². The maximum atomic E-state index is 11.8. The van der Waals surface area contributed by atoms with Crippen LogP contribution >= 0.6 is 0 Å². The molecule has 1 unspecified atom stereocenters. The minimum Gasteiger partial charge on any atom is -0.463 e. The molecule has 0 aliphatic heterocycles. The Morgan fingerprint density at radius 3 is 1.27 bits per heavy atom. The van der Waals surface area contributed by atoms with Gasteiger partial charge >= 0.3 is 5.97 Å². The van der Waals surface area contributed by atoms with Gasteiger partial charge in [-0.05, 0) is 12.8 Å². The summed E-state index contributed by atoms with van der Waals surface area (Å²) < 4.78 is 5.26. The van der Waals surface area contributed by atoms with Gasteiger partial charge in [0.05, 0.1) is 6.10 Å². The third kappa shape index (κ3) is 27.6. The Hall–Kier alpha value is -0.570. The number of hydrogen-bond donors (Lipinski definition) is 1. The van der Waals surface area contributed by atoms with Gasteiger partial charge in [-0.15, -0.1) is 0 Å². The number of aliphatic hydroxyl groups excluding tert-OH is 1. The van der Waals surface area contributed by atoms with Gasteiger partial charge in [-0.3, -0.25) is 4.79 Å². The first kappa shape index (κ1) is 32.4. The summed E-state index contributed by atoms with van der Waals surface area (Å²) in [5.74, 6) is -0.139. The first-order valence-corrected chi connectivity index (χ1v) is 15.0. The molecule has 0 heterocycles. The van der Waals surface area contributed by atoms with E-state index in [0.29, 0.717) is 6.42 Å². The Morgan fingerprint density at radius 2 is 0.879 bits per heavy atom. The molecule has 0 aromatic carbocycles. The van der Waals surface area contributed by atoms with Crippen LogP contribution in [-0.4, -0.2) is 23.8 Å². The van der Waals surface area contributed by atoms with Gasteiger partial charge in [0.15, 0.2) is 0 Å². The van der Waals surface area contributed by atoms with E-state index in [2.05, 4.69) is 13.8 Å². The lowest BCUT2D eigenvalue weighted by Gasteiger charge is -2.11. The molecule has 0 aliphatic rings. The van der Waals surface area contributed by atoms with E-state index in [0.717, 1.165) is 25.7 Å². The smallest absolute Gasteiger partial charge is 0.305 e. The molecular weight excluding hydrogens is 408 g/mol. The number of hydrogen-bond acceptors (Lipinski definition) is 3. The minimum absolute atomic E-state index is 0.139. The zero-order valence-corrected chi connectivity index (χ0v) is 22.7. The largest absolute Gasteiger partial charge is 0.463 e. The lowest BCUT2D eigenvalue weighted by atomic mass is 10.0. The van der Waals surface area contributed by atoms with Gasteiger partial charge in [0.2, 0.25) is 0 Å². The fourth-order valence-electron chi connectivity index (χ4n) is 4.50. The fraction of sp³-hybridized carbons (Fsp3) is 0.967. The van der Waals surface area contributed by atoms with Gasteiger partial charge in [-0.25, -0.2) is 0 Å². The molecule has 198 valence electrons. The molecule has 3 heteroatoms. The van der Waals surface area contributed by atoms with Crippen LogP contribution in [0.15, 0.2) is 0 Å². The van der Waals surface area contributed by atoms with Crippen molar-refractivity contribution in [1.82, 2.24) is 0 Å². The fourth-order valence-corrected chi connectivity index (χ4v) is 4.50. The molecule has 1 N–H and O–H groups in total. The van der Waals surface area contributed by atoms with E-state index in [1.165, 1.54) is 128 Å². The highest BCUT2D eigenvalue weighted by molar-refractivity contribution is 5.69. The van der Waals surface area contributed by atoms with E-state index >= 15 is 0 Å². The Morgan fingerprint density at radius 1 is 0.545 bits per heavy atom. The quantitative estimate of drug-likeness (QED) is 0.0963. The molecule has 1 atom stereocenters. The third-order valence-electron chi connectivity index (χ3n) is 6.81. The monoisotopic (exact) mass is 468 g/mol. The lowest BCUT2D eigenvalue weighted by Crippen LogP contribution is -2.18. The molecule has 0 aliphatic carbocycles. The summed E-state index contributed by atoms with van der Waals surface area (Å²) in [5.41, 5.74) is 0. The maximum absolute atomic E-state index is 11.8. The van der Waals surface area contributed by atoms with Crippen molar-refractivity contribution in [2.24, 2.45) is 0 Å². The van der Waals surface area contributed by atoms with Gasteiger partial charge < -0.3 is 9.84 Å². The predicted octanol–water partition coefficient (Wildman–Crippen LogP) is 9.68. The number of ether oxygens (including phenoxy) is 1. The number of rotatable bonds is 27. The molecule has 0 aromatic heterocycles. The van der Waals surface area contributed by atoms with E-state index in [1.807, 2.05) is 0 Å². The summed E-state index contributed by atoms with van der Waals surface area (Å²) >= 11 is 0. The summed E-state index contributed by atoms with van der Waals surface area (Å²) in [6, 6.07) is 0. The first-order valence-electron chi connectivity index (χ1n) is 15.0. The molecule has 0 rings (SSSR count). The minimum atomic E-state index is -0.491. The zero-order chi connectivity index (χ0) is 24.2. The van der Waals surface area contributed by atoms with Crippen molar-refractivity contribution < 1.29 is 14.6 Å². The Labute approximate surface area is 207 Å². The van der Waals surface area contributed by atoms with Crippen LogP contribution in [0.2, 0.25) is 0 Å². The van der Waals surface area contributed by atoms with Gasteiger partial charge in [-0.1, -0.05) is 155 Å². The average molecular weight is 469 g/mol. The highest BCUT2D eigenvalue weighted by Gasteiger charge is 2.08. The summed E-state index contributed by atoms with van der Waals surface area (Å²) in [6.07, 6.45) is 30.8. The van der Waals surface area contributed by atoms with Crippen molar-refractivity contribution >= 4 is 5.97 Å². The number of aliphatic hydroxyl groups is 1. The van der Waals surface area contributed by atoms with Crippen LogP contribution in [0.25, 0.3) is 0 Å². The lowest BCUT2D eigenvalue weighted by molar-refractivity contribution is -0.146. The van der Waals surface area contributed by atoms with Crippen molar-refractivity contribution in [3.05, 3.63) is 0 Å². The molecule has 0 spiro atoms. The van der Waals surface area contributed by atoms with E-state index in [4.69, 9.17) is 4.74 Å². The van der Waals surface area contributed by atoms with Crippen molar-refractivity contribution in [3.8, 4) is 0 Å². The summed E-state index contributed by atoms with van der Waals surface area (Å²) in [5, 5.41) is 10.0. The maximum Gasteiger partial charge on any atom is 0.305 e. The number of unbranched alkanes of at least 4 members (excludes halogenated alkanes) is 21. The van der Waals surface area contributed by atoms with Crippen LogP contribution in [0.1, 0.15) is 174 Å². The van der Waals surface area contributed by atoms with Crippen molar-refractivity contribution in [1.29, 1.82) is 0 Å². The van der Waals surface area contributed by atoms with Crippen molar-refractivity contribution in [2.45, 2.75) is 180 Å². The molecule has 0 amide bonds. The molecular formula is C30H60O3. The first-order chi connectivity index (χ1) is 16.2. The number of carbonyl (C=O) groups excluding carboxylic acids is 1. The highest BCUT2D eigenvalue weighted by Crippen LogP contribution is 2.14. The molecule has 0 radical (unpaired) electrons. The van der Waals surface area contributed by atoms with E-state index < -0.39 is 6.10 Å². The van der Waals surface area contributed by atoms with E-state index in [9.17, 15) is 9.90 Å². The summed E-state index contributed by atoms with van der Waals surface area (Å²) in [7, 11) is 0. The molecule has 0 aromatic rings. The van der Waals surface area contributed by atoms with Gasteiger partial charge in [-0.2, -0.15) is 0 Å². The normalized spacial score (nSPS) is 12.2. The van der Waals surface area contributed by atoms with Gasteiger partial charge in [0.1, 0.15) is 6.61 Å². The molecule has 33 heavy (non-hydrogen) atoms. The predicted molar refractivity (Wildman–Crippen MR) is 144 cm³/mol. The average Bonchev–Trinajstić information content (AvgIpc) is 2.82. The third-order valence-corrected chi connectivity index (χ3v) is 6.81. The zero-order valence-electron chi connectivity index (χ0n) is 22.7. The second kappa shape index (κ2) is 27.7. The van der Waals surface area contributed by atoms with Crippen LogP contribution in [-0.2, 0) is 9.53 Å². The standard InChI is InChI=1S/C30H60O3/c1-3-5-7-9-11-13-15-17-18-20-22-24-26-29(31)28-33-30(32)27-25-23-21-19-16-14-12-10-8-6-4-2/h29,31H,3-28H2,1-2H3. The second-order valence-corrected chi connectivity index (χ2v) is 10.3. The Balaban J connectivity index is 3.28.